The summed E-state index contributed by atoms with van der Waals surface area (Å²) in [4.78, 5) is 37.7. The number of fused-ring (bicyclic) bond motifs is 12. The number of rotatable bonds is 23. The predicted octanol–water partition coefficient (Wildman–Crippen LogP) is 19.3. The standard InChI is InChI=1S/C78H86N4O6/c1-11-18-42-79(43-19-12-2)58-38-40-64-72(48-58)85-70-46-52(8)68(50-66(70)77(64)62-28-24-22-26-60(62)74(83)87-77)81(16-6)56-34-30-54(31-35-56)76(10,15-5)55-32-36-57(37-33-55)82(17-7)69-51-67-71(47-53(69)9)86-73-49-59(80(44-20-13-3)45-21-14-4)39-41-65(73)78(67)63-29-25-23-27-61(63)75(84)88-78/h22-41,46-51H,11-21,42-45H2,1-10H3. The Morgan fingerprint density at radius 3 is 1.10 bits per heavy atom. The zero-order valence-corrected chi connectivity index (χ0v) is 53.4. The van der Waals surface area contributed by atoms with Crippen LogP contribution in [0.3, 0.4) is 0 Å². The van der Waals surface area contributed by atoms with Gasteiger partial charge in [0.25, 0.3) is 0 Å². The average Bonchev–Trinajstić information content (AvgIpc) is 1.53. The molecule has 0 radical (unpaired) electrons. The molecule has 4 aliphatic heterocycles. The van der Waals surface area contributed by atoms with Crippen LogP contribution in [0.4, 0.5) is 34.1 Å². The maximum atomic E-state index is 14.0. The second-order valence-corrected chi connectivity index (χ2v) is 24.7. The molecule has 0 N–H and O–H groups in total. The van der Waals surface area contributed by atoms with E-state index < -0.39 is 11.2 Å². The normalized spacial score (nSPS) is 17.1. The molecule has 12 rings (SSSR count). The van der Waals surface area contributed by atoms with Gasteiger partial charge in [0, 0.05) is 124 Å². The Balaban J connectivity index is 0.845. The van der Waals surface area contributed by atoms with Crippen molar-refractivity contribution < 1.29 is 28.5 Å². The van der Waals surface area contributed by atoms with Crippen molar-refractivity contribution in [1.82, 2.24) is 0 Å². The molecule has 0 saturated carbocycles. The van der Waals surface area contributed by atoms with Crippen LogP contribution in [0.2, 0.25) is 0 Å². The molecule has 0 fully saturated rings. The summed E-state index contributed by atoms with van der Waals surface area (Å²) in [5.74, 6) is 2.14. The lowest BCUT2D eigenvalue weighted by molar-refractivity contribution is 0.0214. The monoisotopic (exact) mass is 1170 g/mol. The third-order valence-corrected chi connectivity index (χ3v) is 19.4. The van der Waals surface area contributed by atoms with Gasteiger partial charge in [0.2, 0.25) is 0 Å². The number of unbranched alkanes of at least 4 members (excludes halogenated alkanes) is 4. The molecule has 0 aromatic heterocycles. The molecule has 10 heteroatoms. The number of benzene rings is 8. The Hall–Kier alpha value is -8.50. The van der Waals surface area contributed by atoms with Gasteiger partial charge < -0.3 is 38.5 Å². The van der Waals surface area contributed by atoms with Gasteiger partial charge in [-0.15, -0.1) is 0 Å². The van der Waals surface area contributed by atoms with E-state index in [1.54, 1.807) is 0 Å². The van der Waals surface area contributed by atoms with Crippen molar-refractivity contribution in [3.63, 3.8) is 0 Å². The molecular weight excluding hydrogens is 1090 g/mol. The van der Waals surface area contributed by atoms with Gasteiger partial charge in [-0.05, 0) is 167 Å². The van der Waals surface area contributed by atoms with Crippen molar-refractivity contribution in [2.24, 2.45) is 0 Å². The summed E-state index contributed by atoms with van der Waals surface area (Å²) < 4.78 is 27.4. The Kier molecular flexibility index (Phi) is 16.7. The van der Waals surface area contributed by atoms with Crippen LogP contribution in [-0.4, -0.2) is 51.2 Å². The lowest BCUT2D eigenvalue weighted by Crippen LogP contribution is -2.34. The van der Waals surface area contributed by atoms with Crippen LogP contribution in [0.1, 0.15) is 190 Å². The second kappa shape index (κ2) is 24.6. The summed E-state index contributed by atoms with van der Waals surface area (Å²) in [6, 6.07) is 55.4. The van der Waals surface area contributed by atoms with Crippen LogP contribution in [0.5, 0.6) is 23.0 Å². The molecule has 2 atom stereocenters. The third-order valence-electron chi connectivity index (χ3n) is 19.4. The van der Waals surface area contributed by atoms with Gasteiger partial charge in [0.15, 0.2) is 11.2 Å². The minimum absolute atomic E-state index is 0.297. The number of nitrogens with zero attached hydrogens (tertiary/aromatic N) is 4. The highest BCUT2D eigenvalue weighted by atomic mass is 16.6. The van der Waals surface area contributed by atoms with Gasteiger partial charge in [-0.2, -0.15) is 0 Å². The molecule has 4 heterocycles. The lowest BCUT2D eigenvalue weighted by Gasteiger charge is -2.39. The molecule has 0 amide bonds. The van der Waals surface area contributed by atoms with E-state index in [1.807, 2.05) is 48.5 Å². The number of carbonyl (C=O) groups excluding carboxylic acids is 2. The number of aryl methyl sites for hydroxylation is 2. The number of esters is 2. The lowest BCUT2D eigenvalue weighted by atomic mass is 9.74. The highest BCUT2D eigenvalue weighted by Crippen LogP contribution is 2.60. The van der Waals surface area contributed by atoms with Gasteiger partial charge in [0.05, 0.1) is 11.1 Å². The van der Waals surface area contributed by atoms with E-state index in [0.29, 0.717) is 47.2 Å². The van der Waals surface area contributed by atoms with Gasteiger partial charge >= 0.3 is 11.9 Å². The molecule has 10 nitrogen and oxygen atoms in total. The van der Waals surface area contributed by atoms with Gasteiger partial charge in [-0.3, -0.25) is 0 Å². The molecule has 4 aliphatic rings. The van der Waals surface area contributed by atoms with Crippen molar-refractivity contribution in [2.45, 2.75) is 144 Å². The van der Waals surface area contributed by atoms with E-state index >= 15 is 0 Å². The molecular formula is C78H86N4O6. The summed E-state index contributed by atoms with van der Waals surface area (Å²) in [6.45, 7) is 27.5. The first-order valence-corrected chi connectivity index (χ1v) is 32.7. The smallest absolute Gasteiger partial charge is 0.340 e. The van der Waals surface area contributed by atoms with Crippen LogP contribution >= 0.6 is 0 Å². The molecule has 0 saturated heterocycles. The predicted molar refractivity (Wildman–Crippen MR) is 358 cm³/mol. The highest BCUT2D eigenvalue weighted by Gasteiger charge is 2.55. The Morgan fingerprint density at radius 1 is 0.398 bits per heavy atom. The van der Waals surface area contributed by atoms with E-state index in [9.17, 15) is 9.59 Å². The fourth-order valence-electron chi connectivity index (χ4n) is 14.3. The summed E-state index contributed by atoms with van der Waals surface area (Å²) >= 11 is 0. The van der Waals surface area contributed by atoms with E-state index in [1.165, 1.54) is 11.1 Å². The first kappa shape index (κ1) is 59.8. The topological polar surface area (TPSA) is 84.0 Å². The quantitative estimate of drug-likeness (QED) is 0.0578. The van der Waals surface area contributed by atoms with E-state index in [0.717, 1.165) is 163 Å². The third kappa shape index (κ3) is 10.0. The molecule has 8 aromatic carbocycles. The second-order valence-electron chi connectivity index (χ2n) is 24.7. The zero-order valence-electron chi connectivity index (χ0n) is 53.4. The highest BCUT2D eigenvalue weighted by molar-refractivity contribution is 5.98. The number of hydrogen-bond donors (Lipinski definition) is 0. The first-order valence-electron chi connectivity index (χ1n) is 32.7. The number of carbonyl (C=O) groups is 2. The number of anilines is 6. The summed E-state index contributed by atoms with van der Waals surface area (Å²) in [5.41, 5.74) is 14.4. The minimum Gasteiger partial charge on any atom is -0.456 e. The fourth-order valence-corrected chi connectivity index (χ4v) is 14.3. The van der Waals surface area contributed by atoms with Crippen molar-refractivity contribution in [3.05, 3.63) is 224 Å². The van der Waals surface area contributed by atoms with Crippen molar-refractivity contribution in [1.29, 1.82) is 0 Å². The van der Waals surface area contributed by atoms with Crippen LogP contribution in [0.15, 0.2) is 158 Å². The van der Waals surface area contributed by atoms with Crippen LogP contribution in [0, 0.1) is 13.8 Å². The maximum Gasteiger partial charge on any atom is 0.340 e. The van der Waals surface area contributed by atoms with Gasteiger partial charge in [-0.1, -0.05) is 128 Å². The molecule has 88 heavy (non-hydrogen) atoms. The zero-order chi connectivity index (χ0) is 61.5. The number of ether oxygens (including phenoxy) is 4. The SMILES string of the molecule is CCCCN(CCCC)c1ccc2c(c1)Oc1cc(C)c(N(CC)c3ccc(C(C)(CC)c4ccc(N(CC)c5cc6c(cc5C)Oc5cc(N(CCCC)CCCC)ccc5C65OC(=O)c6ccccc65)cc4)cc3)cc1C21OC(=O)c2ccccc21. The van der Waals surface area contributed by atoms with E-state index in [-0.39, 0.29) is 17.4 Å². The summed E-state index contributed by atoms with van der Waals surface area (Å²) in [5, 5.41) is 0. The molecule has 2 unspecified atom stereocenters. The van der Waals surface area contributed by atoms with Crippen LogP contribution in [0.25, 0.3) is 0 Å². The maximum absolute atomic E-state index is 14.0. The average molecular weight is 1180 g/mol. The Labute approximate surface area is 522 Å². The van der Waals surface area contributed by atoms with Gasteiger partial charge in [-0.25, -0.2) is 9.59 Å². The Morgan fingerprint density at radius 2 is 0.750 bits per heavy atom. The molecule has 0 aliphatic carbocycles. The summed E-state index contributed by atoms with van der Waals surface area (Å²) in [6.07, 6.45) is 9.77. The Bertz CT molecular complexity index is 3650. The van der Waals surface area contributed by atoms with Crippen LogP contribution < -0.4 is 29.1 Å². The van der Waals surface area contributed by atoms with Crippen LogP contribution in [-0.2, 0) is 26.1 Å². The van der Waals surface area contributed by atoms with Crippen molar-refractivity contribution >= 4 is 46.1 Å². The largest absolute Gasteiger partial charge is 0.456 e. The fraction of sp³-hybridized carbons (Fsp3) is 0.359. The molecule has 2 spiro atoms. The molecule has 454 valence electrons. The number of hydrogen-bond acceptors (Lipinski definition) is 10. The van der Waals surface area contributed by atoms with Crippen molar-refractivity contribution in [3.8, 4) is 23.0 Å². The van der Waals surface area contributed by atoms with Gasteiger partial charge in [0.1, 0.15) is 23.0 Å². The minimum atomic E-state index is -1.19. The van der Waals surface area contributed by atoms with Crippen molar-refractivity contribution in [2.75, 3.05) is 58.9 Å². The van der Waals surface area contributed by atoms with E-state index in [2.05, 4.69) is 198 Å². The summed E-state index contributed by atoms with van der Waals surface area (Å²) in [7, 11) is 0. The first-order chi connectivity index (χ1) is 42.8. The van der Waals surface area contributed by atoms with E-state index in [4.69, 9.17) is 18.9 Å². The molecule has 8 aromatic rings. The molecule has 0 bridgehead atoms.